The molecule has 1 aliphatic heterocycles. The van der Waals surface area contributed by atoms with Gasteiger partial charge < -0.3 is 10.1 Å². The Hall–Kier alpha value is -2.00. The summed E-state index contributed by atoms with van der Waals surface area (Å²) < 4.78 is 21.9. The van der Waals surface area contributed by atoms with Gasteiger partial charge >= 0.3 is 6.09 Å². The highest BCUT2D eigenvalue weighted by Crippen LogP contribution is 2.33. The summed E-state index contributed by atoms with van der Waals surface area (Å²) >= 11 is 8.82. The van der Waals surface area contributed by atoms with Crippen molar-refractivity contribution in [3.05, 3.63) is 45.9 Å². The normalized spacial score (nSPS) is 19.1. The topological polar surface area (TPSA) is 68.2 Å². The number of nitrogens with one attached hydrogen (secondary N) is 2. The monoisotopic (exact) mass is 426 g/mol. The fraction of sp³-hybridized carbons (Fsp3) is 0.312. The first-order valence-corrected chi connectivity index (χ1v) is 8.82. The van der Waals surface area contributed by atoms with Crippen LogP contribution < -0.4 is 10.6 Å². The smallest absolute Gasteiger partial charge is 0.411 e. The second-order valence-electron chi connectivity index (χ2n) is 5.83. The Morgan fingerprint density at radius 3 is 3.08 bits per heavy atom. The number of hydrogen-bond donors (Lipinski definition) is 2. The van der Waals surface area contributed by atoms with Gasteiger partial charge in [-0.2, -0.15) is 5.10 Å². The van der Waals surface area contributed by atoms with Crippen molar-refractivity contribution >= 4 is 44.9 Å². The largest absolute Gasteiger partial charge is 0.450 e. The summed E-state index contributed by atoms with van der Waals surface area (Å²) in [5.74, 6) is -0.401. The second-order valence-corrected chi connectivity index (χ2v) is 7.09. The van der Waals surface area contributed by atoms with Gasteiger partial charge in [0.2, 0.25) is 0 Å². The van der Waals surface area contributed by atoms with E-state index in [9.17, 15) is 9.18 Å². The van der Waals surface area contributed by atoms with E-state index in [-0.39, 0.29) is 6.61 Å². The molecule has 2 aromatic rings. The van der Waals surface area contributed by atoms with Crippen LogP contribution in [-0.2, 0) is 16.8 Å². The summed E-state index contributed by atoms with van der Waals surface area (Å²) in [5.41, 5.74) is 0.762. The van der Waals surface area contributed by atoms with Crippen molar-refractivity contribution in [2.45, 2.75) is 25.9 Å². The van der Waals surface area contributed by atoms with Gasteiger partial charge in [0.05, 0.1) is 29.4 Å². The van der Waals surface area contributed by atoms with Gasteiger partial charge in [-0.25, -0.2) is 9.18 Å². The van der Waals surface area contributed by atoms with E-state index < -0.39 is 17.4 Å². The molecule has 1 amide bonds. The summed E-state index contributed by atoms with van der Waals surface area (Å²) in [6.45, 7) is 4.19. The summed E-state index contributed by atoms with van der Waals surface area (Å²) in [7, 11) is 0. The Bertz CT molecular complexity index is 857. The maximum absolute atomic E-state index is 14.5. The number of halogens is 2. The highest BCUT2D eigenvalue weighted by molar-refractivity contribution is 9.10. The van der Waals surface area contributed by atoms with E-state index in [0.717, 1.165) is 10.2 Å². The molecule has 1 unspecified atom stereocenters. The van der Waals surface area contributed by atoms with E-state index >= 15 is 0 Å². The van der Waals surface area contributed by atoms with Crippen molar-refractivity contribution < 1.29 is 13.9 Å². The van der Waals surface area contributed by atoms with Crippen molar-refractivity contribution in [1.29, 1.82) is 0 Å². The van der Waals surface area contributed by atoms with Gasteiger partial charge in [-0.05, 0) is 48.0 Å². The highest BCUT2D eigenvalue weighted by atomic mass is 79.9. The Morgan fingerprint density at radius 1 is 1.60 bits per heavy atom. The van der Waals surface area contributed by atoms with Crippen molar-refractivity contribution in [3.8, 4) is 0 Å². The fourth-order valence-corrected chi connectivity index (χ4v) is 3.89. The number of benzene rings is 1. The predicted octanol–water partition coefficient (Wildman–Crippen LogP) is 3.55. The standard InChI is InChI=1S/C16H16BrFN4O2S/c1-3-24-15(23)20-9-4-5-12(18)10(6-9)16(2)8-22-13(14(25)21-16)11(17)7-19-22/h4-7H,3,8H2,1-2H3,(H,20,23)(H,21,25). The van der Waals surface area contributed by atoms with Crippen LogP contribution in [0.15, 0.2) is 28.9 Å². The van der Waals surface area contributed by atoms with Gasteiger partial charge in [-0.1, -0.05) is 12.2 Å². The number of rotatable bonds is 3. The molecule has 0 radical (unpaired) electrons. The van der Waals surface area contributed by atoms with E-state index in [1.807, 2.05) is 6.92 Å². The van der Waals surface area contributed by atoms with Crippen LogP contribution in [0.4, 0.5) is 14.9 Å². The van der Waals surface area contributed by atoms with Gasteiger partial charge in [-0.3, -0.25) is 10.00 Å². The molecule has 6 nitrogen and oxygen atoms in total. The van der Waals surface area contributed by atoms with Crippen molar-refractivity contribution in [2.24, 2.45) is 0 Å². The van der Waals surface area contributed by atoms with Crippen LogP contribution in [0.5, 0.6) is 0 Å². The summed E-state index contributed by atoms with van der Waals surface area (Å²) in [6, 6.07) is 4.36. The summed E-state index contributed by atoms with van der Waals surface area (Å²) in [5, 5.41) is 10.1. The van der Waals surface area contributed by atoms with Gasteiger partial charge in [0.15, 0.2) is 0 Å². The van der Waals surface area contributed by atoms with E-state index in [4.69, 9.17) is 17.0 Å². The molecule has 132 valence electrons. The number of anilines is 1. The molecular formula is C16H16BrFN4O2S. The first-order chi connectivity index (χ1) is 11.8. The minimum atomic E-state index is -0.814. The molecule has 1 aromatic carbocycles. The van der Waals surface area contributed by atoms with Crippen LogP contribution in [-0.4, -0.2) is 27.5 Å². The average molecular weight is 427 g/mol. The minimum absolute atomic E-state index is 0.254. The van der Waals surface area contributed by atoms with Gasteiger partial charge in [-0.15, -0.1) is 0 Å². The third kappa shape index (κ3) is 3.38. The molecule has 2 heterocycles. The van der Waals surface area contributed by atoms with Crippen LogP contribution in [0.2, 0.25) is 0 Å². The molecule has 1 aromatic heterocycles. The number of carbonyl (C=O) groups excluding carboxylic acids is 1. The molecule has 9 heteroatoms. The maximum atomic E-state index is 14.5. The Morgan fingerprint density at radius 2 is 2.36 bits per heavy atom. The molecule has 3 rings (SSSR count). The third-order valence-electron chi connectivity index (χ3n) is 3.95. The fourth-order valence-electron chi connectivity index (χ4n) is 2.82. The summed E-state index contributed by atoms with van der Waals surface area (Å²) in [4.78, 5) is 12.1. The van der Waals surface area contributed by atoms with Gasteiger partial charge in [0.1, 0.15) is 16.5 Å². The number of fused-ring (bicyclic) bond motifs is 1. The van der Waals surface area contributed by atoms with E-state index in [1.54, 1.807) is 23.9 Å². The SMILES string of the molecule is CCOC(=O)Nc1ccc(F)c(C2(C)Cn3ncc(Br)c3C(=S)N2)c1. The molecule has 2 N–H and O–H groups in total. The molecule has 0 bridgehead atoms. The molecule has 1 aliphatic rings. The zero-order valence-corrected chi connectivity index (χ0v) is 16.0. The van der Waals surface area contributed by atoms with Crippen LogP contribution in [0.3, 0.4) is 0 Å². The Labute approximate surface area is 157 Å². The van der Waals surface area contributed by atoms with Crippen molar-refractivity contribution in [1.82, 2.24) is 15.1 Å². The lowest BCUT2D eigenvalue weighted by atomic mass is 9.89. The molecule has 0 spiro atoms. The lowest BCUT2D eigenvalue weighted by molar-refractivity contribution is 0.168. The number of carbonyl (C=O) groups is 1. The lowest BCUT2D eigenvalue weighted by Gasteiger charge is -2.37. The van der Waals surface area contributed by atoms with Crippen molar-refractivity contribution in [3.63, 3.8) is 0 Å². The number of hydrogen-bond acceptors (Lipinski definition) is 4. The predicted molar refractivity (Wildman–Crippen MR) is 99.2 cm³/mol. The molecule has 0 aliphatic carbocycles. The number of nitrogens with zero attached hydrogens (tertiary/aromatic N) is 2. The maximum Gasteiger partial charge on any atom is 0.411 e. The lowest BCUT2D eigenvalue weighted by Crippen LogP contribution is -2.51. The van der Waals surface area contributed by atoms with E-state index in [0.29, 0.717) is 22.8 Å². The second kappa shape index (κ2) is 6.72. The highest BCUT2D eigenvalue weighted by Gasteiger charge is 2.37. The molecule has 0 fully saturated rings. The van der Waals surface area contributed by atoms with E-state index in [1.165, 1.54) is 12.1 Å². The quantitative estimate of drug-likeness (QED) is 0.734. The average Bonchev–Trinajstić information content (AvgIpc) is 2.90. The summed E-state index contributed by atoms with van der Waals surface area (Å²) in [6.07, 6.45) is 1.07. The number of aromatic nitrogens is 2. The number of thiocarbonyl (C=S) groups is 1. The zero-order valence-electron chi connectivity index (χ0n) is 13.6. The Balaban J connectivity index is 1.95. The first-order valence-electron chi connectivity index (χ1n) is 7.61. The minimum Gasteiger partial charge on any atom is -0.450 e. The Kier molecular flexibility index (Phi) is 4.79. The number of amides is 1. The van der Waals surface area contributed by atoms with Gasteiger partial charge in [0.25, 0.3) is 0 Å². The van der Waals surface area contributed by atoms with Gasteiger partial charge in [0, 0.05) is 11.3 Å². The third-order valence-corrected chi connectivity index (χ3v) is 4.82. The van der Waals surface area contributed by atoms with Crippen LogP contribution in [0.25, 0.3) is 0 Å². The molecular weight excluding hydrogens is 411 g/mol. The molecule has 25 heavy (non-hydrogen) atoms. The van der Waals surface area contributed by atoms with Crippen LogP contribution in [0, 0.1) is 5.82 Å². The first kappa shape index (κ1) is 17.8. The molecule has 0 saturated carbocycles. The van der Waals surface area contributed by atoms with Crippen LogP contribution in [0.1, 0.15) is 25.1 Å². The van der Waals surface area contributed by atoms with E-state index in [2.05, 4.69) is 31.7 Å². The van der Waals surface area contributed by atoms with Crippen molar-refractivity contribution in [2.75, 3.05) is 11.9 Å². The molecule has 0 saturated heterocycles. The zero-order chi connectivity index (χ0) is 18.2. The van der Waals surface area contributed by atoms with Crippen LogP contribution >= 0.6 is 28.1 Å². The molecule has 1 atom stereocenters. The number of ether oxygens (including phenoxy) is 1.